The molecule has 4 rings (SSSR count). The monoisotopic (exact) mass is 354 g/mol. The van der Waals surface area contributed by atoms with Crippen LogP contribution in [0.25, 0.3) is 5.57 Å². The maximum absolute atomic E-state index is 2.37. The van der Waals surface area contributed by atoms with E-state index in [9.17, 15) is 0 Å². The van der Waals surface area contributed by atoms with Gasteiger partial charge in [0, 0.05) is 11.8 Å². The lowest BCUT2D eigenvalue weighted by Gasteiger charge is -2.27. The molecule has 2 aliphatic carbocycles. The van der Waals surface area contributed by atoms with Crippen molar-refractivity contribution in [2.24, 2.45) is 5.92 Å². The van der Waals surface area contributed by atoms with Crippen LogP contribution in [0.4, 0.5) is 0 Å². The Hall–Kier alpha value is -2.34. The van der Waals surface area contributed by atoms with Crippen LogP contribution in [0.2, 0.25) is 0 Å². The first kappa shape index (κ1) is 18.0. The van der Waals surface area contributed by atoms with Crippen molar-refractivity contribution in [1.82, 2.24) is 0 Å². The van der Waals surface area contributed by atoms with E-state index in [2.05, 4.69) is 89.2 Å². The highest BCUT2D eigenvalue weighted by Gasteiger charge is 2.40. The van der Waals surface area contributed by atoms with Crippen molar-refractivity contribution < 1.29 is 0 Å². The molecule has 0 fully saturated rings. The standard InChI is InChI=1S/C27H30/c1-6-12-24-26(21-13-8-7-9-14-21)22-15-10-11-16-23(22)27(24)25-19(4)17(2)18(3)20(25)5/h7-11,13-16,25,27H,6,12H2,1-5H3. The molecule has 0 bridgehead atoms. The molecule has 0 saturated heterocycles. The molecule has 0 aliphatic heterocycles. The highest BCUT2D eigenvalue weighted by atomic mass is 14.4. The zero-order chi connectivity index (χ0) is 19.1. The fourth-order valence-corrected chi connectivity index (χ4v) is 5.27. The first-order valence-corrected chi connectivity index (χ1v) is 10.3. The molecule has 0 heterocycles. The molecule has 1 unspecified atom stereocenters. The van der Waals surface area contributed by atoms with Gasteiger partial charge in [0.05, 0.1) is 0 Å². The molecular weight excluding hydrogens is 324 g/mol. The average Bonchev–Trinajstić information content (AvgIpc) is 3.10. The predicted molar refractivity (Wildman–Crippen MR) is 117 cm³/mol. The first-order chi connectivity index (χ1) is 13.1. The number of rotatable bonds is 4. The van der Waals surface area contributed by atoms with Crippen molar-refractivity contribution in [3.8, 4) is 0 Å². The molecule has 2 aromatic rings. The lowest BCUT2D eigenvalue weighted by Crippen LogP contribution is -2.15. The molecule has 27 heavy (non-hydrogen) atoms. The zero-order valence-electron chi connectivity index (χ0n) is 17.3. The predicted octanol–water partition coefficient (Wildman–Crippen LogP) is 7.69. The van der Waals surface area contributed by atoms with E-state index in [4.69, 9.17) is 0 Å². The minimum atomic E-state index is 0.476. The van der Waals surface area contributed by atoms with Crippen molar-refractivity contribution >= 4 is 5.57 Å². The Morgan fingerprint density at radius 1 is 0.704 bits per heavy atom. The van der Waals surface area contributed by atoms with Gasteiger partial charge in [-0.1, -0.05) is 84.7 Å². The van der Waals surface area contributed by atoms with Crippen molar-refractivity contribution in [1.29, 1.82) is 0 Å². The van der Waals surface area contributed by atoms with Gasteiger partial charge in [-0.3, -0.25) is 0 Å². The Labute approximate surface area is 164 Å². The lowest BCUT2D eigenvalue weighted by atomic mass is 9.76. The molecular formula is C27H30. The van der Waals surface area contributed by atoms with E-state index in [0.29, 0.717) is 11.8 Å². The second-order valence-electron chi connectivity index (χ2n) is 8.17. The van der Waals surface area contributed by atoms with Gasteiger partial charge in [-0.2, -0.15) is 0 Å². The smallest absolute Gasteiger partial charge is 0.0167 e. The van der Waals surface area contributed by atoms with Crippen LogP contribution in [0.1, 0.15) is 70.1 Å². The summed E-state index contributed by atoms with van der Waals surface area (Å²) in [5.74, 6) is 0.984. The number of benzene rings is 2. The molecule has 0 N–H and O–H groups in total. The molecule has 0 heteroatoms. The normalized spacial score (nSPS) is 20.1. The van der Waals surface area contributed by atoms with Crippen LogP contribution in [0, 0.1) is 5.92 Å². The van der Waals surface area contributed by atoms with E-state index in [-0.39, 0.29) is 0 Å². The zero-order valence-corrected chi connectivity index (χ0v) is 17.3. The van der Waals surface area contributed by atoms with Gasteiger partial charge in [0.1, 0.15) is 0 Å². The SMILES string of the molecule is CCCC1=C(c2ccccc2)c2ccccc2C1C1C(C)=C(C)C(C)=C1C. The largest absolute Gasteiger partial charge is 0.0651 e. The van der Waals surface area contributed by atoms with Crippen LogP contribution in [0.3, 0.4) is 0 Å². The van der Waals surface area contributed by atoms with Gasteiger partial charge >= 0.3 is 0 Å². The molecule has 2 aromatic carbocycles. The highest BCUT2D eigenvalue weighted by molar-refractivity contribution is 5.89. The van der Waals surface area contributed by atoms with Crippen molar-refractivity contribution in [3.05, 3.63) is 99.2 Å². The second kappa shape index (κ2) is 7.00. The van der Waals surface area contributed by atoms with Crippen molar-refractivity contribution in [2.75, 3.05) is 0 Å². The van der Waals surface area contributed by atoms with Gasteiger partial charge in [-0.05, 0) is 67.5 Å². The van der Waals surface area contributed by atoms with E-state index in [1.165, 1.54) is 46.3 Å². The summed E-state index contributed by atoms with van der Waals surface area (Å²) >= 11 is 0. The van der Waals surface area contributed by atoms with Crippen LogP contribution < -0.4 is 0 Å². The van der Waals surface area contributed by atoms with Gasteiger partial charge < -0.3 is 0 Å². The molecule has 0 amide bonds. The van der Waals surface area contributed by atoms with E-state index in [1.54, 1.807) is 16.7 Å². The van der Waals surface area contributed by atoms with E-state index in [0.717, 1.165) is 0 Å². The van der Waals surface area contributed by atoms with E-state index >= 15 is 0 Å². The van der Waals surface area contributed by atoms with Crippen LogP contribution >= 0.6 is 0 Å². The molecule has 0 spiro atoms. The van der Waals surface area contributed by atoms with Gasteiger partial charge in [-0.15, -0.1) is 0 Å². The summed E-state index contributed by atoms with van der Waals surface area (Å²) in [5, 5.41) is 0. The summed E-state index contributed by atoms with van der Waals surface area (Å²) in [4.78, 5) is 0. The second-order valence-corrected chi connectivity index (χ2v) is 8.17. The van der Waals surface area contributed by atoms with Crippen molar-refractivity contribution in [3.63, 3.8) is 0 Å². The third-order valence-electron chi connectivity index (χ3n) is 6.86. The minimum Gasteiger partial charge on any atom is -0.0651 e. The lowest BCUT2D eigenvalue weighted by molar-refractivity contribution is 0.600. The Bertz CT molecular complexity index is 942. The minimum absolute atomic E-state index is 0.476. The Morgan fingerprint density at radius 2 is 1.30 bits per heavy atom. The van der Waals surface area contributed by atoms with Crippen LogP contribution in [0.15, 0.2) is 82.5 Å². The number of allylic oxidation sites excluding steroid dienone is 5. The van der Waals surface area contributed by atoms with Gasteiger partial charge in [0.25, 0.3) is 0 Å². The van der Waals surface area contributed by atoms with E-state index in [1.807, 2.05) is 0 Å². The van der Waals surface area contributed by atoms with Crippen LogP contribution in [0.5, 0.6) is 0 Å². The molecule has 138 valence electrons. The van der Waals surface area contributed by atoms with Crippen LogP contribution in [-0.4, -0.2) is 0 Å². The summed E-state index contributed by atoms with van der Waals surface area (Å²) in [6, 6.07) is 20.1. The molecule has 0 radical (unpaired) electrons. The van der Waals surface area contributed by atoms with Gasteiger partial charge in [0.15, 0.2) is 0 Å². The quantitative estimate of drug-likeness (QED) is 0.528. The topological polar surface area (TPSA) is 0 Å². The Morgan fingerprint density at radius 3 is 1.93 bits per heavy atom. The van der Waals surface area contributed by atoms with E-state index < -0.39 is 0 Å². The van der Waals surface area contributed by atoms with Gasteiger partial charge in [0.2, 0.25) is 0 Å². The van der Waals surface area contributed by atoms with Crippen LogP contribution in [-0.2, 0) is 0 Å². The number of hydrogen-bond donors (Lipinski definition) is 0. The molecule has 0 saturated carbocycles. The summed E-state index contributed by atoms with van der Waals surface area (Å²) in [5.41, 5.74) is 13.6. The third kappa shape index (κ3) is 2.74. The molecule has 2 aliphatic rings. The summed E-state index contributed by atoms with van der Waals surface area (Å²) in [7, 11) is 0. The Balaban J connectivity index is 1.98. The number of hydrogen-bond acceptors (Lipinski definition) is 0. The highest BCUT2D eigenvalue weighted by Crippen LogP contribution is 2.55. The fraction of sp³-hybridized carbons (Fsp3) is 0.333. The summed E-state index contributed by atoms with van der Waals surface area (Å²) in [6.45, 7) is 11.6. The first-order valence-electron chi connectivity index (χ1n) is 10.3. The molecule has 0 nitrogen and oxygen atoms in total. The fourth-order valence-electron chi connectivity index (χ4n) is 5.27. The third-order valence-corrected chi connectivity index (χ3v) is 6.86. The summed E-state index contributed by atoms with van der Waals surface area (Å²) in [6.07, 6.45) is 2.35. The number of fused-ring (bicyclic) bond motifs is 1. The summed E-state index contributed by atoms with van der Waals surface area (Å²) < 4.78 is 0. The van der Waals surface area contributed by atoms with Crippen molar-refractivity contribution in [2.45, 2.75) is 53.4 Å². The average molecular weight is 355 g/mol. The Kier molecular flexibility index (Phi) is 4.68. The maximum atomic E-state index is 2.37. The molecule has 1 atom stereocenters. The van der Waals surface area contributed by atoms with Gasteiger partial charge in [-0.25, -0.2) is 0 Å². The molecule has 0 aromatic heterocycles. The maximum Gasteiger partial charge on any atom is 0.0167 e.